The van der Waals surface area contributed by atoms with Gasteiger partial charge in [0.25, 0.3) is 5.56 Å². The summed E-state index contributed by atoms with van der Waals surface area (Å²) in [4.78, 5) is 17.2. The molecule has 3 rings (SSSR count). The molecule has 0 aliphatic heterocycles. The van der Waals surface area contributed by atoms with Crippen LogP contribution in [-0.2, 0) is 0 Å². The number of hydrogen-bond donors (Lipinski definition) is 0. The molecule has 23 heavy (non-hydrogen) atoms. The van der Waals surface area contributed by atoms with Crippen LogP contribution in [0.1, 0.15) is 17.8 Å². The molecule has 0 fully saturated rings. The third-order valence-electron chi connectivity index (χ3n) is 3.51. The summed E-state index contributed by atoms with van der Waals surface area (Å²) in [5.74, 6) is 0.680. The van der Waals surface area contributed by atoms with Gasteiger partial charge in [-0.1, -0.05) is 11.6 Å². The van der Waals surface area contributed by atoms with Crippen LogP contribution in [-0.4, -0.2) is 21.0 Å². The molecule has 118 valence electrons. The second kappa shape index (κ2) is 6.52. The van der Waals surface area contributed by atoms with Gasteiger partial charge < -0.3 is 9.30 Å². The zero-order valence-electron chi connectivity index (χ0n) is 12.6. The number of methoxy groups -OCH3 is 1. The van der Waals surface area contributed by atoms with Crippen molar-refractivity contribution in [2.24, 2.45) is 0 Å². The van der Waals surface area contributed by atoms with Crippen molar-refractivity contribution in [2.75, 3.05) is 7.11 Å². The molecular formula is C16H14ClN3O2S. The fraction of sp³-hybridized carbons (Fsp3) is 0.188. The number of halogens is 1. The van der Waals surface area contributed by atoms with E-state index in [9.17, 15) is 4.79 Å². The molecule has 0 aromatic carbocycles. The zero-order valence-corrected chi connectivity index (χ0v) is 14.1. The van der Waals surface area contributed by atoms with Gasteiger partial charge in [-0.05, 0) is 36.7 Å². The first kappa shape index (κ1) is 15.7. The molecule has 1 atom stereocenters. The Labute approximate surface area is 142 Å². The molecule has 0 spiro atoms. The van der Waals surface area contributed by atoms with E-state index in [4.69, 9.17) is 16.3 Å². The van der Waals surface area contributed by atoms with Gasteiger partial charge in [0.1, 0.15) is 5.75 Å². The topological polar surface area (TPSA) is 57.0 Å². The molecule has 0 saturated heterocycles. The van der Waals surface area contributed by atoms with Crippen LogP contribution in [0.25, 0.3) is 11.3 Å². The summed E-state index contributed by atoms with van der Waals surface area (Å²) in [6.07, 6.45) is 5.08. The molecule has 0 aliphatic carbocycles. The fourth-order valence-corrected chi connectivity index (χ4v) is 3.16. The Kier molecular flexibility index (Phi) is 4.45. The highest BCUT2D eigenvalue weighted by molar-refractivity contribution is 7.06. The average molecular weight is 348 g/mol. The van der Waals surface area contributed by atoms with Crippen molar-refractivity contribution >= 4 is 23.1 Å². The van der Waals surface area contributed by atoms with Crippen molar-refractivity contribution in [2.45, 2.75) is 13.0 Å². The SMILES string of the molecule is COc1cncc(-c2cc(C(C)n3ccc(Cl)cc3=O)sn2)c1. The Morgan fingerprint density at radius 1 is 1.30 bits per heavy atom. The lowest BCUT2D eigenvalue weighted by Crippen LogP contribution is -2.21. The molecule has 0 radical (unpaired) electrons. The summed E-state index contributed by atoms with van der Waals surface area (Å²) in [6.45, 7) is 1.95. The zero-order chi connectivity index (χ0) is 16.4. The second-order valence-electron chi connectivity index (χ2n) is 4.99. The Morgan fingerprint density at radius 3 is 2.87 bits per heavy atom. The normalized spacial score (nSPS) is 12.1. The van der Waals surface area contributed by atoms with E-state index in [0.29, 0.717) is 10.8 Å². The van der Waals surface area contributed by atoms with Crippen molar-refractivity contribution in [3.05, 3.63) is 63.1 Å². The monoisotopic (exact) mass is 347 g/mol. The first-order valence-electron chi connectivity index (χ1n) is 6.92. The van der Waals surface area contributed by atoms with Crippen molar-refractivity contribution in [1.29, 1.82) is 0 Å². The second-order valence-corrected chi connectivity index (χ2v) is 6.27. The Morgan fingerprint density at radius 2 is 2.13 bits per heavy atom. The van der Waals surface area contributed by atoms with Crippen LogP contribution in [0.2, 0.25) is 5.02 Å². The van der Waals surface area contributed by atoms with Crippen molar-refractivity contribution < 1.29 is 4.74 Å². The summed E-state index contributed by atoms with van der Waals surface area (Å²) in [6, 6.07) is 6.83. The molecule has 0 aliphatic rings. The molecule has 0 bridgehead atoms. The number of nitrogens with zero attached hydrogens (tertiary/aromatic N) is 3. The molecule has 0 saturated carbocycles. The number of pyridine rings is 2. The summed E-state index contributed by atoms with van der Waals surface area (Å²) in [5, 5.41) is 0.436. The van der Waals surface area contributed by atoms with Gasteiger partial charge in [-0.2, -0.15) is 4.37 Å². The van der Waals surface area contributed by atoms with E-state index in [0.717, 1.165) is 16.1 Å². The van der Waals surface area contributed by atoms with Gasteiger partial charge in [0, 0.05) is 33.9 Å². The minimum absolute atomic E-state index is 0.121. The summed E-state index contributed by atoms with van der Waals surface area (Å²) in [7, 11) is 1.60. The van der Waals surface area contributed by atoms with E-state index in [1.807, 2.05) is 19.1 Å². The van der Waals surface area contributed by atoms with Crippen LogP contribution < -0.4 is 10.3 Å². The highest BCUT2D eigenvalue weighted by Gasteiger charge is 2.14. The van der Waals surface area contributed by atoms with Gasteiger partial charge in [0.05, 0.1) is 25.0 Å². The lowest BCUT2D eigenvalue weighted by Gasteiger charge is -2.12. The predicted molar refractivity (Wildman–Crippen MR) is 91.4 cm³/mol. The van der Waals surface area contributed by atoms with E-state index < -0.39 is 0 Å². The standard InChI is InChI=1S/C16H14ClN3O2S/c1-10(20-4-3-12(17)6-16(20)21)15-7-14(19-23-15)11-5-13(22-2)9-18-8-11/h3-10H,1-2H3. The third kappa shape index (κ3) is 3.28. The molecule has 1 unspecified atom stereocenters. The largest absolute Gasteiger partial charge is 0.495 e. The maximum absolute atomic E-state index is 12.1. The van der Waals surface area contributed by atoms with Crippen LogP contribution in [0.4, 0.5) is 0 Å². The molecule has 3 heterocycles. The Bertz CT molecular complexity index is 891. The van der Waals surface area contributed by atoms with Gasteiger partial charge in [-0.15, -0.1) is 0 Å². The van der Waals surface area contributed by atoms with Gasteiger partial charge in [0.15, 0.2) is 0 Å². The first-order valence-corrected chi connectivity index (χ1v) is 8.07. The van der Waals surface area contributed by atoms with E-state index in [2.05, 4.69) is 9.36 Å². The number of ether oxygens (including phenoxy) is 1. The van der Waals surface area contributed by atoms with Gasteiger partial charge in [-0.25, -0.2) is 0 Å². The summed E-state index contributed by atoms with van der Waals surface area (Å²) >= 11 is 7.20. The minimum atomic E-state index is -0.136. The molecular weight excluding hydrogens is 334 g/mol. The Hall–Kier alpha value is -2.18. The molecule has 3 aromatic rings. The lowest BCUT2D eigenvalue weighted by molar-refractivity contribution is 0.413. The van der Waals surface area contributed by atoms with Crippen LogP contribution >= 0.6 is 23.1 Å². The minimum Gasteiger partial charge on any atom is -0.495 e. The van der Waals surface area contributed by atoms with Crippen molar-refractivity contribution in [1.82, 2.24) is 13.9 Å². The van der Waals surface area contributed by atoms with Gasteiger partial charge in [-0.3, -0.25) is 9.78 Å². The number of aromatic nitrogens is 3. The van der Waals surface area contributed by atoms with Crippen molar-refractivity contribution in [3.63, 3.8) is 0 Å². The van der Waals surface area contributed by atoms with Crippen LogP contribution in [0, 0.1) is 0 Å². The maximum atomic E-state index is 12.1. The highest BCUT2D eigenvalue weighted by Crippen LogP contribution is 2.28. The summed E-state index contributed by atoms with van der Waals surface area (Å²) in [5.41, 5.74) is 1.55. The average Bonchev–Trinajstić information content (AvgIpc) is 3.04. The van der Waals surface area contributed by atoms with E-state index >= 15 is 0 Å². The fourth-order valence-electron chi connectivity index (χ4n) is 2.22. The van der Waals surface area contributed by atoms with Crippen LogP contribution in [0.5, 0.6) is 5.75 Å². The van der Waals surface area contributed by atoms with Crippen molar-refractivity contribution in [3.8, 4) is 17.0 Å². The molecule has 3 aromatic heterocycles. The summed E-state index contributed by atoms with van der Waals surface area (Å²) < 4.78 is 11.3. The highest BCUT2D eigenvalue weighted by atomic mass is 35.5. The van der Waals surface area contributed by atoms with Crippen LogP contribution in [0.3, 0.4) is 0 Å². The molecule has 0 N–H and O–H groups in total. The maximum Gasteiger partial charge on any atom is 0.252 e. The van der Waals surface area contributed by atoms with Gasteiger partial charge >= 0.3 is 0 Å². The smallest absolute Gasteiger partial charge is 0.252 e. The molecule has 0 amide bonds. The van der Waals surface area contributed by atoms with E-state index in [-0.39, 0.29) is 11.6 Å². The molecule has 7 heteroatoms. The quantitative estimate of drug-likeness (QED) is 0.723. The van der Waals surface area contributed by atoms with E-state index in [1.54, 1.807) is 36.3 Å². The number of rotatable bonds is 4. The van der Waals surface area contributed by atoms with Crippen LogP contribution in [0.15, 0.2) is 47.7 Å². The lowest BCUT2D eigenvalue weighted by atomic mass is 10.1. The van der Waals surface area contributed by atoms with E-state index in [1.165, 1.54) is 17.6 Å². The third-order valence-corrected chi connectivity index (χ3v) is 4.71. The number of hydrogen-bond acceptors (Lipinski definition) is 5. The molecule has 5 nitrogen and oxygen atoms in total. The van der Waals surface area contributed by atoms with Gasteiger partial charge in [0.2, 0.25) is 0 Å². The predicted octanol–water partition coefficient (Wildman–Crippen LogP) is 3.64. The Balaban J connectivity index is 1.93. The first-order chi connectivity index (χ1) is 11.1.